The topological polar surface area (TPSA) is 87.7 Å². The molecule has 2 aromatic rings. The standard InChI is InChI=1S/C15H17NO5S.K/c1-20-14-9-5-8-13(10-16-22(17,18)19)15(14)21-11-12-6-3-2-4-7-12;/h2-9,16H,10-11H2,1H3,(H,17,18,19);/q;+1/p-1. The summed E-state index contributed by atoms with van der Waals surface area (Å²) in [5.74, 6) is 0.878. The van der Waals surface area contributed by atoms with Crippen LogP contribution in [0, 0.1) is 0 Å². The van der Waals surface area contributed by atoms with Crippen molar-refractivity contribution < 1.29 is 73.8 Å². The molecule has 23 heavy (non-hydrogen) atoms. The van der Waals surface area contributed by atoms with Gasteiger partial charge in [0, 0.05) is 12.1 Å². The fraction of sp³-hybridized carbons (Fsp3) is 0.200. The van der Waals surface area contributed by atoms with Crippen molar-refractivity contribution in [3.05, 3.63) is 59.7 Å². The van der Waals surface area contributed by atoms with E-state index in [0.717, 1.165) is 5.56 Å². The zero-order valence-electron chi connectivity index (χ0n) is 13.0. The SMILES string of the molecule is COc1cccc(CNS(=O)(=O)[O-])c1OCc1ccccc1.[K+]. The van der Waals surface area contributed by atoms with Crippen molar-refractivity contribution in [2.45, 2.75) is 13.2 Å². The Morgan fingerprint density at radius 3 is 2.39 bits per heavy atom. The van der Waals surface area contributed by atoms with E-state index in [1.165, 1.54) is 7.11 Å². The molecule has 0 bridgehead atoms. The Morgan fingerprint density at radius 1 is 1.09 bits per heavy atom. The van der Waals surface area contributed by atoms with Gasteiger partial charge in [-0.15, -0.1) is 0 Å². The number of ether oxygens (including phenoxy) is 2. The van der Waals surface area contributed by atoms with Crippen LogP contribution in [0.3, 0.4) is 0 Å². The third kappa shape index (κ3) is 6.90. The first-order valence-corrected chi connectivity index (χ1v) is 7.93. The Hall–Kier alpha value is -0.454. The Kier molecular flexibility index (Phi) is 8.73. The van der Waals surface area contributed by atoms with Crippen molar-refractivity contribution in [3.63, 3.8) is 0 Å². The summed E-state index contributed by atoms with van der Waals surface area (Å²) in [6, 6.07) is 14.6. The van der Waals surface area contributed by atoms with Gasteiger partial charge in [0.05, 0.1) is 7.11 Å². The summed E-state index contributed by atoms with van der Waals surface area (Å²) in [6.07, 6.45) is 0. The first-order chi connectivity index (χ1) is 10.5. The number of nitrogens with one attached hydrogen (secondary N) is 1. The molecule has 0 aliphatic carbocycles. The van der Waals surface area contributed by atoms with Crippen LogP contribution in [-0.2, 0) is 23.5 Å². The van der Waals surface area contributed by atoms with Gasteiger partial charge < -0.3 is 14.0 Å². The fourth-order valence-corrected chi connectivity index (χ4v) is 2.25. The molecule has 8 heteroatoms. The van der Waals surface area contributed by atoms with Crippen LogP contribution < -0.4 is 65.6 Å². The van der Waals surface area contributed by atoms with Crippen LogP contribution in [0.4, 0.5) is 0 Å². The van der Waals surface area contributed by atoms with E-state index in [1.807, 2.05) is 35.1 Å². The monoisotopic (exact) mass is 361 g/mol. The van der Waals surface area contributed by atoms with Crippen LogP contribution in [0.2, 0.25) is 0 Å². The maximum absolute atomic E-state index is 10.7. The quantitative estimate of drug-likeness (QED) is 0.496. The predicted molar refractivity (Wildman–Crippen MR) is 80.3 cm³/mol. The molecule has 2 aromatic carbocycles. The van der Waals surface area contributed by atoms with Gasteiger partial charge in [-0.25, -0.2) is 13.1 Å². The van der Waals surface area contributed by atoms with Gasteiger partial charge in [-0.1, -0.05) is 42.5 Å². The van der Waals surface area contributed by atoms with Gasteiger partial charge in [-0.05, 0) is 11.6 Å². The Bertz CT molecular complexity index is 722. The molecule has 0 saturated carbocycles. The summed E-state index contributed by atoms with van der Waals surface area (Å²) in [5.41, 5.74) is 1.48. The Balaban J connectivity index is 0.00000264. The molecule has 1 N–H and O–H groups in total. The van der Waals surface area contributed by atoms with Crippen molar-refractivity contribution in [2.24, 2.45) is 0 Å². The summed E-state index contributed by atoms with van der Waals surface area (Å²) in [4.78, 5) is 0. The van der Waals surface area contributed by atoms with E-state index in [0.29, 0.717) is 23.7 Å². The zero-order chi connectivity index (χ0) is 16.0. The van der Waals surface area contributed by atoms with Gasteiger partial charge >= 0.3 is 51.4 Å². The minimum Gasteiger partial charge on any atom is -0.735 e. The third-order valence-electron chi connectivity index (χ3n) is 2.95. The molecule has 0 atom stereocenters. The molecule has 0 heterocycles. The largest absolute Gasteiger partial charge is 1.00 e. The molecule has 0 unspecified atom stereocenters. The van der Waals surface area contributed by atoms with E-state index in [2.05, 4.69) is 0 Å². The number of hydrogen-bond acceptors (Lipinski definition) is 5. The maximum atomic E-state index is 10.7. The third-order valence-corrected chi connectivity index (χ3v) is 3.44. The van der Waals surface area contributed by atoms with Crippen molar-refractivity contribution in [1.82, 2.24) is 4.72 Å². The summed E-state index contributed by atoms with van der Waals surface area (Å²) < 4.78 is 45.0. The van der Waals surface area contributed by atoms with Crippen LogP contribution in [0.5, 0.6) is 11.5 Å². The number of benzene rings is 2. The van der Waals surface area contributed by atoms with Crippen LogP contribution in [-0.4, -0.2) is 20.1 Å². The summed E-state index contributed by atoms with van der Waals surface area (Å²) in [5, 5.41) is 0. The molecule has 0 fully saturated rings. The molecule has 0 saturated heterocycles. The van der Waals surface area contributed by atoms with Gasteiger partial charge in [0.1, 0.15) is 6.61 Å². The first-order valence-electron chi connectivity index (χ1n) is 6.52. The number of hydrogen-bond donors (Lipinski definition) is 1. The van der Waals surface area contributed by atoms with Crippen molar-refractivity contribution in [3.8, 4) is 11.5 Å². The molecule has 0 spiro atoms. The maximum Gasteiger partial charge on any atom is 1.00 e. The van der Waals surface area contributed by atoms with E-state index in [-0.39, 0.29) is 57.9 Å². The van der Waals surface area contributed by atoms with Crippen molar-refractivity contribution in [2.75, 3.05) is 7.11 Å². The second kappa shape index (κ2) is 9.75. The molecule has 6 nitrogen and oxygen atoms in total. The Morgan fingerprint density at radius 2 is 1.78 bits per heavy atom. The van der Waals surface area contributed by atoms with Crippen molar-refractivity contribution >= 4 is 10.3 Å². The second-order valence-corrected chi connectivity index (χ2v) is 5.69. The zero-order valence-corrected chi connectivity index (χ0v) is 16.9. The summed E-state index contributed by atoms with van der Waals surface area (Å²) in [6.45, 7) is 0.144. The summed E-state index contributed by atoms with van der Waals surface area (Å²) in [7, 11) is -3.03. The molecular weight excluding hydrogens is 345 g/mol. The first kappa shape index (κ1) is 20.6. The van der Waals surface area contributed by atoms with Crippen LogP contribution >= 0.6 is 0 Å². The van der Waals surface area contributed by atoms with Crippen LogP contribution in [0.15, 0.2) is 48.5 Å². The minimum atomic E-state index is -4.52. The molecule has 2 rings (SSSR count). The van der Waals surface area contributed by atoms with Gasteiger partial charge in [-0.3, -0.25) is 0 Å². The summed E-state index contributed by atoms with van der Waals surface area (Å²) >= 11 is 0. The molecular formula is C15H16KNO5S. The van der Waals surface area contributed by atoms with E-state index in [1.54, 1.807) is 18.2 Å². The average Bonchev–Trinajstić information content (AvgIpc) is 2.51. The van der Waals surface area contributed by atoms with E-state index < -0.39 is 10.3 Å². The number of methoxy groups -OCH3 is 1. The number of para-hydroxylation sites is 1. The van der Waals surface area contributed by atoms with Crippen molar-refractivity contribution in [1.29, 1.82) is 0 Å². The van der Waals surface area contributed by atoms with Gasteiger partial charge in [0.25, 0.3) is 0 Å². The van der Waals surface area contributed by atoms with Crippen LogP contribution in [0.25, 0.3) is 0 Å². The molecule has 0 aromatic heterocycles. The van der Waals surface area contributed by atoms with Gasteiger partial charge in [0.15, 0.2) is 21.8 Å². The van der Waals surface area contributed by atoms with Crippen LogP contribution in [0.1, 0.15) is 11.1 Å². The fourth-order valence-electron chi connectivity index (χ4n) is 1.92. The smallest absolute Gasteiger partial charge is 0.735 e. The van der Waals surface area contributed by atoms with E-state index in [4.69, 9.17) is 9.47 Å². The molecule has 0 aliphatic rings. The Labute approximate surface area is 178 Å². The van der Waals surface area contributed by atoms with E-state index >= 15 is 0 Å². The molecule has 0 amide bonds. The van der Waals surface area contributed by atoms with Gasteiger partial charge in [-0.2, -0.15) is 0 Å². The molecule has 0 aliphatic heterocycles. The van der Waals surface area contributed by atoms with Gasteiger partial charge in [0.2, 0.25) is 0 Å². The number of rotatable bonds is 7. The van der Waals surface area contributed by atoms with E-state index in [9.17, 15) is 13.0 Å². The molecule has 0 radical (unpaired) electrons. The average molecular weight is 361 g/mol. The second-order valence-electron chi connectivity index (χ2n) is 4.50. The predicted octanol–water partition coefficient (Wildman–Crippen LogP) is -1.17. The normalized spacial score (nSPS) is 10.7. The molecule has 118 valence electrons. The minimum absolute atomic E-state index is 0.